The van der Waals surface area contributed by atoms with Gasteiger partial charge in [0.2, 0.25) is 0 Å². The maximum absolute atomic E-state index is 12.1. The quantitative estimate of drug-likeness (QED) is 0.833. The van der Waals surface area contributed by atoms with Gasteiger partial charge in [-0.1, -0.05) is 13.8 Å². The third-order valence-electron chi connectivity index (χ3n) is 3.22. The highest BCUT2D eigenvalue weighted by Crippen LogP contribution is 2.34. The Morgan fingerprint density at radius 1 is 1.33 bits per heavy atom. The molecular weight excluding hydrogens is 270 g/mol. The Morgan fingerprint density at radius 2 is 2.00 bits per heavy atom. The fraction of sp³-hybridized carbons (Fsp3) is 0.333. The van der Waals surface area contributed by atoms with Gasteiger partial charge in [0.15, 0.2) is 5.78 Å². The lowest BCUT2D eigenvalue weighted by atomic mass is 9.76. The lowest BCUT2D eigenvalue weighted by molar-refractivity contribution is 0.0898. The molecule has 0 saturated heterocycles. The molecule has 0 unspecified atom stereocenters. The first-order valence-corrected chi connectivity index (χ1v) is 6.33. The molecule has 0 bridgehead atoms. The van der Waals surface area contributed by atoms with Gasteiger partial charge < -0.3 is 9.73 Å². The molecule has 1 aliphatic carbocycles. The Balaban J connectivity index is 2.42. The summed E-state index contributed by atoms with van der Waals surface area (Å²) < 4.78 is 5.20. The lowest BCUT2D eigenvalue weighted by Gasteiger charge is -2.28. The number of hydrogen-bond acceptors (Lipinski definition) is 6. The number of allylic oxidation sites excluding steroid dienone is 1. The Morgan fingerprint density at radius 3 is 2.62 bits per heavy atom. The zero-order chi connectivity index (χ0) is 15.6. The van der Waals surface area contributed by atoms with Gasteiger partial charge in [-0.15, -0.1) is 0 Å². The minimum atomic E-state index is -0.634. The molecule has 0 atom stereocenters. The van der Waals surface area contributed by atoms with Crippen LogP contribution >= 0.6 is 0 Å². The highest BCUT2D eigenvalue weighted by atomic mass is 16.4. The summed E-state index contributed by atoms with van der Waals surface area (Å²) in [6.45, 7) is 3.88. The van der Waals surface area contributed by atoms with Crippen molar-refractivity contribution in [2.45, 2.75) is 26.7 Å². The summed E-state index contributed by atoms with van der Waals surface area (Å²) in [6, 6.07) is 4.74. The Labute approximate surface area is 121 Å². The molecule has 0 spiro atoms. The topological polar surface area (TPSA) is 107 Å². The molecule has 21 heavy (non-hydrogen) atoms. The predicted molar refractivity (Wildman–Crippen MR) is 74.3 cm³/mol. The van der Waals surface area contributed by atoms with Gasteiger partial charge in [-0.3, -0.25) is 4.79 Å². The van der Waals surface area contributed by atoms with E-state index in [1.807, 2.05) is 13.8 Å². The van der Waals surface area contributed by atoms with Crippen molar-refractivity contribution in [2.24, 2.45) is 5.41 Å². The van der Waals surface area contributed by atoms with Gasteiger partial charge in [0.1, 0.15) is 29.2 Å². The summed E-state index contributed by atoms with van der Waals surface area (Å²) in [5.41, 5.74) is -0.640. The van der Waals surface area contributed by atoms with Crippen LogP contribution < -0.4 is 10.9 Å². The minimum Gasteiger partial charge on any atom is -0.426 e. The summed E-state index contributed by atoms with van der Waals surface area (Å²) >= 11 is 0. The van der Waals surface area contributed by atoms with Crippen LogP contribution in [0.5, 0.6) is 0 Å². The van der Waals surface area contributed by atoms with Gasteiger partial charge in [0.05, 0.1) is 5.56 Å². The number of carbonyl (C=O) groups excluding carboxylic acids is 1. The molecule has 6 heteroatoms. The first-order valence-electron chi connectivity index (χ1n) is 6.33. The van der Waals surface area contributed by atoms with Crippen molar-refractivity contribution in [3.8, 4) is 12.1 Å². The summed E-state index contributed by atoms with van der Waals surface area (Å²) in [4.78, 5) is 24.0. The summed E-state index contributed by atoms with van der Waals surface area (Å²) in [5.74, 6) is 0.300. The number of nitriles is 2. The van der Waals surface area contributed by atoms with Crippen LogP contribution in [0.1, 0.15) is 36.4 Å². The molecule has 6 nitrogen and oxygen atoms in total. The number of nitrogens with one attached hydrogen (secondary N) is 1. The third kappa shape index (κ3) is 3.01. The van der Waals surface area contributed by atoms with Crippen LogP contribution in [0.4, 0.5) is 5.69 Å². The molecule has 1 aromatic heterocycles. The SMILES string of the molecule is CC1(C)CC(=O)c2cc(NC=C(C#N)C#N)c(=O)oc2C1. The van der Waals surface area contributed by atoms with Crippen LogP contribution in [0.15, 0.2) is 27.1 Å². The number of carbonyl (C=O) groups is 1. The van der Waals surface area contributed by atoms with Crippen LogP contribution in [0.25, 0.3) is 0 Å². The zero-order valence-electron chi connectivity index (χ0n) is 11.7. The van der Waals surface area contributed by atoms with Crippen LogP contribution in [-0.4, -0.2) is 5.78 Å². The van der Waals surface area contributed by atoms with Crippen LogP contribution in [-0.2, 0) is 6.42 Å². The fourth-order valence-electron chi connectivity index (χ4n) is 2.24. The number of anilines is 1. The molecule has 0 aliphatic heterocycles. The third-order valence-corrected chi connectivity index (χ3v) is 3.22. The predicted octanol–water partition coefficient (Wildman–Crippen LogP) is 2.14. The van der Waals surface area contributed by atoms with Gasteiger partial charge in [0.25, 0.3) is 0 Å². The normalized spacial score (nSPS) is 15.3. The molecule has 1 N–H and O–H groups in total. The van der Waals surface area contributed by atoms with E-state index in [4.69, 9.17) is 14.9 Å². The molecule has 2 rings (SSSR count). The molecule has 0 radical (unpaired) electrons. The highest BCUT2D eigenvalue weighted by Gasteiger charge is 2.33. The Bertz CT molecular complexity index is 757. The molecule has 0 aromatic carbocycles. The van der Waals surface area contributed by atoms with E-state index < -0.39 is 5.63 Å². The van der Waals surface area contributed by atoms with Crippen molar-refractivity contribution in [1.82, 2.24) is 0 Å². The number of nitrogens with zero attached hydrogens (tertiary/aromatic N) is 2. The van der Waals surface area contributed by atoms with E-state index in [1.165, 1.54) is 6.07 Å². The van der Waals surface area contributed by atoms with Crippen molar-refractivity contribution in [3.63, 3.8) is 0 Å². The number of ketones is 1. The fourth-order valence-corrected chi connectivity index (χ4v) is 2.24. The second-order valence-electron chi connectivity index (χ2n) is 5.65. The standard InChI is InChI=1S/C15H13N3O3/c1-15(2)4-12(19)10-3-11(14(20)21-13(10)5-15)18-8-9(6-16)7-17/h3,8,18H,4-5H2,1-2H3. The molecular formula is C15H13N3O3. The zero-order valence-corrected chi connectivity index (χ0v) is 11.7. The van der Waals surface area contributed by atoms with Crippen molar-refractivity contribution in [1.29, 1.82) is 10.5 Å². The first kappa shape index (κ1) is 14.5. The number of rotatable bonds is 2. The van der Waals surface area contributed by atoms with Crippen molar-refractivity contribution >= 4 is 11.5 Å². The Kier molecular flexibility index (Phi) is 3.64. The van der Waals surface area contributed by atoms with Crippen LogP contribution in [0.3, 0.4) is 0 Å². The maximum Gasteiger partial charge on any atom is 0.359 e. The molecule has 1 aromatic rings. The average Bonchev–Trinajstić information content (AvgIpc) is 2.39. The van der Waals surface area contributed by atoms with E-state index in [2.05, 4.69) is 5.32 Å². The molecule has 106 valence electrons. The second-order valence-corrected chi connectivity index (χ2v) is 5.65. The van der Waals surface area contributed by atoms with Crippen molar-refractivity contribution in [2.75, 3.05) is 5.32 Å². The minimum absolute atomic E-state index is 0.0322. The Hall–Kier alpha value is -2.86. The number of hydrogen-bond donors (Lipinski definition) is 1. The summed E-state index contributed by atoms with van der Waals surface area (Å²) in [7, 11) is 0. The van der Waals surface area contributed by atoms with Gasteiger partial charge in [-0.25, -0.2) is 4.79 Å². The smallest absolute Gasteiger partial charge is 0.359 e. The van der Waals surface area contributed by atoms with Crippen molar-refractivity contribution < 1.29 is 9.21 Å². The highest BCUT2D eigenvalue weighted by molar-refractivity contribution is 5.99. The molecule has 0 fully saturated rings. The summed E-state index contributed by atoms with van der Waals surface area (Å²) in [5, 5.41) is 19.8. The molecule has 1 heterocycles. The van der Waals surface area contributed by atoms with E-state index in [0.29, 0.717) is 24.2 Å². The van der Waals surface area contributed by atoms with Gasteiger partial charge >= 0.3 is 5.63 Å². The van der Waals surface area contributed by atoms with Gasteiger partial charge in [0, 0.05) is 19.0 Å². The first-order chi connectivity index (χ1) is 9.86. The molecule has 1 aliphatic rings. The molecule has 0 saturated carbocycles. The van der Waals surface area contributed by atoms with E-state index in [-0.39, 0.29) is 22.5 Å². The van der Waals surface area contributed by atoms with E-state index in [0.717, 1.165) is 6.20 Å². The van der Waals surface area contributed by atoms with E-state index in [1.54, 1.807) is 12.1 Å². The lowest BCUT2D eigenvalue weighted by Crippen LogP contribution is -2.28. The average molecular weight is 283 g/mol. The number of fused-ring (bicyclic) bond motifs is 1. The second kappa shape index (κ2) is 5.26. The summed E-state index contributed by atoms with van der Waals surface area (Å²) in [6.07, 6.45) is 2.00. The maximum atomic E-state index is 12.1. The van der Waals surface area contributed by atoms with E-state index >= 15 is 0 Å². The van der Waals surface area contributed by atoms with E-state index in [9.17, 15) is 9.59 Å². The van der Waals surface area contributed by atoms with Crippen LogP contribution in [0, 0.1) is 28.1 Å². The van der Waals surface area contributed by atoms with Crippen LogP contribution in [0.2, 0.25) is 0 Å². The van der Waals surface area contributed by atoms with Gasteiger partial charge in [-0.05, 0) is 11.5 Å². The monoisotopic (exact) mass is 283 g/mol. The largest absolute Gasteiger partial charge is 0.426 e. The van der Waals surface area contributed by atoms with Gasteiger partial charge in [-0.2, -0.15) is 10.5 Å². The van der Waals surface area contributed by atoms with Crippen molar-refractivity contribution in [3.05, 3.63) is 39.6 Å². The number of Topliss-reactive ketones (excluding diaryl/α,β-unsaturated/α-hetero) is 1. The molecule has 0 amide bonds.